The Hall–Kier alpha value is -0.830. The molecule has 12 heavy (non-hydrogen) atoms. The van der Waals surface area contributed by atoms with E-state index in [1.165, 1.54) is 7.11 Å². The number of rotatable bonds is 5. The van der Waals surface area contributed by atoms with Crippen LogP contribution in [-0.4, -0.2) is 26.2 Å². The number of ether oxygens (including phenoxy) is 1. The maximum Gasteiger partial charge on any atom is 0.309 e. The first-order valence-corrected chi connectivity index (χ1v) is 4.00. The lowest BCUT2D eigenvalue weighted by atomic mass is 10.2. The van der Waals surface area contributed by atoms with E-state index in [9.17, 15) is 4.79 Å². The van der Waals surface area contributed by atoms with Crippen LogP contribution in [-0.2, 0) is 9.53 Å². The lowest BCUT2D eigenvalue weighted by Crippen LogP contribution is -2.28. The zero-order valence-electron chi connectivity index (χ0n) is 8.02. The van der Waals surface area contributed by atoms with Crippen molar-refractivity contribution in [1.29, 1.82) is 0 Å². The van der Waals surface area contributed by atoms with E-state index in [0.29, 0.717) is 6.54 Å². The van der Waals surface area contributed by atoms with Crippen LogP contribution in [0.25, 0.3) is 0 Å². The Balaban J connectivity index is 3.50. The van der Waals surface area contributed by atoms with Gasteiger partial charge in [0.1, 0.15) is 0 Å². The summed E-state index contributed by atoms with van der Waals surface area (Å²) in [6.07, 6.45) is 0. The van der Waals surface area contributed by atoms with E-state index in [4.69, 9.17) is 0 Å². The highest BCUT2D eigenvalue weighted by Crippen LogP contribution is 1.95. The van der Waals surface area contributed by atoms with Crippen molar-refractivity contribution in [3.8, 4) is 0 Å². The molecule has 0 fully saturated rings. The first-order valence-electron chi connectivity index (χ1n) is 4.00. The number of methoxy groups -OCH3 is 1. The Kier molecular flexibility index (Phi) is 5.37. The summed E-state index contributed by atoms with van der Waals surface area (Å²) < 4.78 is 4.57. The summed E-state index contributed by atoms with van der Waals surface area (Å²) in [7, 11) is 1.40. The van der Waals surface area contributed by atoms with Crippen LogP contribution in [0.5, 0.6) is 0 Å². The van der Waals surface area contributed by atoms with E-state index in [1.807, 2.05) is 13.8 Å². The SMILES string of the molecule is C=C(C)CNCC(C)C(=O)OC. The van der Waals surface area contributed by atoms with E-state index in [0.717, 1.165) is 12.1 Å². The van der Waals surface area contributed by atoms with Crippen molar-refractivity contribution in [1.82, 2.24) is 5.32 Å². The van der Waals surface area contributed by atoms with Gasteiger partial charge in [0.2, 0.25) is 0 Å². The van der Waals surface area contributed by atoms with Gasteiger partial charge in [0.05, 0.1) is 13.0 Å². The average Bonchev–Trinajstić information content (AvgIpc) is 2.02. The molecule has 0 heterocycles. The van der Waals surface area contributed by atoms with Crippen LogP contribution in [0, 0.1) is 5.92 Å². The fourth-order valence-corrected chi connectivity index (χ4v) is 0.787. The number of nitrogens with one attached hydrogen (secondary N) is 1. The smallest absolute Gasteiger partial charge is 0.309 e. The second kappa shape index (κ2) is 5.77. The van der Waals surface area contributed by atoms with E-state index in [-0.39, 0.29) is 11.9 Å². The van der Waals surface area contributed by atoms with Crippen LogP contribution < -0.4 is 5.32 Å². The standard InChI is InChI=1S/C9H17NO2/c1-7(2)5-10-6-8(3)9(11)12-4/h8,10H,1,5-6H2,2-4H3. The summed E-state index contributed by atoms with van der Waals surface area (Å²) in [5, 5.41) is 3.10. The third-order valence-electron chi connectivity index (χ3n) is 1.48. The highest BCUT2D eigenvalue weighted by Gasteiger charge is 2.11. The summed E-state index contributed by atoms with van der Waals surface area (Å²) in [6, 6.07) is 0. The van der Waals surface area contributed by atoms with Gasteiger partial charge in [-0.3, -0.25) is 4.79 Å². The van der Waals surface area contributed by atoms with Crippen LogP contribution in [0.3, 0.4) is 0 Å². The van der Waals surface area contributed by atoms with Gasteiger partial charge in [-0.05, 0) is 6.92 Å². The molecule has 1 atom stereocenters. The number of carbonyl (C=O) groups excluding carboxylic acids is 1. The van der Waals surface area contributed by atoms with Gasteiger partial charge in [-0.2, -0.15) is 0 Å². The summed E-state index contributed by atoms with van der Waals surface area (Å²) in [6.45, 7) is 8.90. The average molecular weight is 171 g/mol. The molecule has 0 spiro atoms. The van der Waals surface area contributed by atoms with Gasteiger partial charge in [-0.25, -0.2) is 0 Å². The van der Waals surface area contributed by atoms with Crippen LogP contribution >= 0.6 is 0 Å². The molecule has 0 aromatic rings. The quantitative estimate of drug-likeness (QED) is 0.494. The van der Waals surface area contributed by atoms with E-state index < -0.39 is 0 Å². The summed E-state index contributed by atoms with van der Waals surface area (Å²) in [4.78, 5) is 10.9. The Bertz CT molecular complexity index is 166. The minimum atomic E-state index is -0.177. The van der Waals surface area contributed by atoms with Gasteiger partial charge >= 0.3 is 5.97 Å². The molecule has 0 bridgehead atoms. The molecule has 1 unspecified atom stereocenters. The van der Waals surface area contributed by atoms with E-state index in [1.54, 1.807) is 0 Å². The molecule has 3 nitrogen and oxygen atoms in total. The highest BCUT2D eigenvalue weighted by molar-refractivity contribution is 5.71. The lowest BCUT2D eigenvalue weighted by molar-refractivity contribution is -0.144. The minimum Gasteiger partial charge on any atom is -0.469 e. The maximum atomic E-state index is 10.9. The molecule has 0 aliphatic heterocycles. The van der Waals surface area contributed by atoms with Crippen LogP contribution in [0.2, 0.25) is 0 Å². The molecule has 0 aliphatic carbocycles. The predicted molar refractivity (Wildman–Crippen MR) is 48.9 cm³/mol. The van der Waals surface area contributed by atoms with Gasteiger partial charge in [0, 0.05) is 13.1 Å². The molecule has 0 amide bonds. The largest absolute Gasteiger partial charge is 0.469 e. The highest BCUT2D eigenvalue weighted by atomic mass is 16.5. The fourth-order valence-electron chi connectivity index (χ4n) is 0.787. The predicted octanol–water partition coefficient (Wildman–Crippen LogP) is 0.961. The van der Waals surface area contributed by atoms with Crippen molar-refractivity contribution in [3.63, 3.8) is 0 Å². The van der Waals surface area contributed by atoms with Gasteiger partial charge in [-0.1, -0.05) is 19.1 Å². The molecule has 0 rings (SSSR count). The van der Waals surface area contributed by atoms with Crippen molar-refractivity contribution < 1.29 is 9.53 Å². The first-order chi connectivity index (χ1) is 5.57. The third kappa shape index (κ3) is 4.91. The Morgan fingerprint density at radius 3 is 2.67 bits per heavy atom. The molecule has 0 saturated heterocycles. The number of esters is 1. The Labute approximate surface area is 73.8 Å². The Morgan fingerprint density at radius 2 is 2.25 bits per heavy atom. The molecule has 1 N–H and O–H groups in total. The van der Waals surface area contributed by atoms with Crippen molar-refractivity contribution in [2.24, 2.45) is 5.92 Å². The number of hydrogen-bond acceptors (Lipinski definition) is 3. The normalized spacial score (nSPS) is 12.2. The number of hydrogen-bond donors (Lipinski definition) is 1. The van der Waals surface area contributed by atoms with Gasteiger partial charge < -0.3 is 10.1 Å². The zero-order chi connectivity index (χ0) is 9.56. The number of carbonyl (C=O) groups is 1. The summed E-state index contributed by atoms with van der Waals surface area (Å²) in [5.41, 5.74) is 1.06. The topological polar surface area (TPSA) is 38.3 Å². The van der Waals surface area contributed by atoms with Crippen LogP contribution in [0.4, 0.5) is 0 Å². The monoisotopic (exact) mass is 171 g/mol. The molecular formula is C9H17NO2. The third-order valence-corrected chi connectivity index (χ3v) is 1.48. The minimum absolute atomic E-state index is 0.0886. The van der Waals surface area contributed by atoms with Crippen LogP contribution in [0.1, 0.15) is 13.8 Å². The van der Waals surface area contributed by atoms with Gasteiger partial charge in [-0.15, -0.1) is 0 Å². The maximum absolute atomic E-state index is 10.9. The van der Waals surface area contributed by atoms with Crippen molar-refractivity contribution in [3.05, 3.63) is 12.2 Å². The van der Waals surface area contributed by atoms with Crippen molar-refractivity contribution in [2.75, 3.05) is 20.2 Å². The summed E-state index contributed by atoms with van der Waals surface area (Å²) >= 11 is 0. The second-order valence-corrected chi connectivity index (χ2v) is 3.01. The molecular weight excluding hydrogens is 154 g/mol. The molecule has 0 aromatic heterocycles. The zero-order valence-corrected chi connectivity index (χ0v) is 8.02. The molecule has 0 radical (unpaired) electrons. The van der Waals surface area contributed by atoms with Gasteiger partial charge in [0.15, 0.2) is 0 Å². The first kappa shape index (κ1) is 11.2. The molecule has 0 saturated carbocycles. The fraction of sp³-hybridized carbons (Fsp3) is 0.667. The lowest BCUT2D eigenvalue weighted by Gasteiger charge is -2.09. The second-order valence-electron chi connectivity index (χ2n) is 3.01. The van der Waals surface area contributed by atoms with Crippen molar-refractivity contribution >= 4 is 5.97 Å². The van der Waals surface area contributed by atoms with E-state index in [2.05, 4.69) is 16.6 Å². The summed E-state index contributed by atoms with van der Waals surface area (Å²) in [5.74, 6) is -0.265. The van der Waals surface area contributed by atoms with E-state index >= 15 is 0 Å². The molecule has 70 valence electrons. The van der Waals surface area contributed by atoms with Crippen LogP contribution in [0.15, 0.2) is 12.2 Å². The van der Waals surface area contributed by atoms with Crippen molar-refractivity contribution in [2.45, 2.75) is 13.8 Å². The molecule has 3 heteroatoms. The molecule has 0 aliphatic rings. The van der Waals surface area contributed by atoms with Gasteiger partial charge in [0.25, 0.3) is 0 Å². The molecule has 0 aromatic carbocycles. The Morgan fingerprint density at radius 1 is 1.67 bits per heavy atom.